The molecule has 186 valence electrons. The van der Waals surface area contributed by atoms with E-state index in [4.69, 9.17) is 14.6 Å². The largest absolute Gasteiger partial charge is 0.486 e. The van der Waals surface area contributed by atoms with Crippen molar-refractivity contribution >= 4 is 17.6 Å². The number of ether oxygens (including phenoxy) is 2. The number of aliphatic hydroxyl groups is 2. The first-order valence-corrected chi connectivity index (χ1v) is 11.8. The Morgan fingerprint density at radius 3 is 2.65 bits per heavy atom. The van der Waals surface area contributed by atoms with Crippen LogP contribution in [0.15, 0.2) is 35.9 Å². The standard InChI is InChI=1S/C25H34N2O7/c1-4-19(29)25(32)27(11-7-13-33-15(2)3)18-14-17(24(31)26-10-12-28)21-16-8-5-6-9-20(16)34-23(21)22(18)30/h5-6,8-9,14-15,18,21-23,28,30H,4,7,10-13H2,1-3H3,(H,26,31). The zero-order valence-electron chi connectivity index (χ0n) is 19.9. The highest BCUT2D eigenvalue weighted by molar-refractivity contribution is 6.36. The summed E-state index contributed by atoms with van der Waals surface area (Å²) < 4.78 is 11.6. The summed E-state index contributed by atoms with van der Waals surface area (Å²) in [4.78, 5) is 39.8. The van der Waals surface area contributed by atoms with Gasteiger partial charge < -0.3 is 29.9 Å². The Labute approximate surface area is 199 Å². The first-order valence-electron chi connectivity index (χ1n) is 11.8. The molecular formula is C25H34N2O7. The van der Waals surface area contributed by atoms with Gasteiger partial charge in [-0.1, -0.05) is 25.1 Å². The normalized spacial score (nSPS) is 22.9. The van der Waals surface area contributed by atoms with Crippen LogP contribution in [0.5, 0.6) is 5.75 Å². The number of para-hydroxylation sites is 1. The molecule has 9 heteroatoms. The molecule has 1 aliphatic carbocycles. The molecule has 0 bridgehead atoms. The average molecular weight is 475 g/mol. The molecule has 3 N–H and O–H groups in total. The molecule has 9 nitrogen and oxygen atoms in total. The molecule has 0 saturated heterocycles. The van der Waals surface area contributed by atoms with E-state index in [2.05, 4.69) is 5.32 Å². The number of nitrogens with one attached hydrogen (secondary N) is 1. The first kappa shape index (κ1) is 25.9. The van der Waals surface area contributed by atoms with E-state index in [9.17, 15) is 19.5 Å². The summed E-state index contributed by atoms with van der Waals surface area (Å²) in [6.45, 7) is 5.81. The van der Waals surface area contributed by atoms with Gasteiger partial charge in [0.05, 0.1) is 24.7 Å². The van der Waals surface area contributed by atoms with Gasteiger partial charge in [0.1, 0.15) is 18.0 Å². The van der Waals surface area contributed by atoms with Crippen molar-refractivity contribution in [2.24, 2.45) is 0 Å². The van der Waals surface area contributed by atoms with Crippen molar-refractivity contribution in [3.63, 3.8) is 0 Å². The van der Waals surface area contributed by atoms with Gasteiger partial charge in [0, 0.05) is 37.3 Å². The molecule has 1 aromatic carbocycles. The number of amides is 2. The molecule has 0 spiro atoms. The molecule has 34 heavy (non-hydrogen) atoms. The minimum absolute atomic E-state index is 0.0227. The number of hydrogen-bond acceptors (Lipinski definition) is 7. The van der Waals surface area contributed by atoms with Crippen molar-refractivity contribution in [1.82, 2.24) is 10.2 Å². The SMILES string of the molecule is CCC(=O)C(=O)N(CCCOC(C)C)C1C=C(C(=O)NCCO)C2c3ccccc3OC2C1O. The van der Waals surface area contributed by atoms with Gasteiger partial charge in [-0.3, -0.25) is 14.4 Å². The fourth-order valence-corrected chi connectivity index (χ4v) is 4.44. The predicted molar refractivity (Wildman–Crippen MR) is 124 cm³/mol. The second-order valence-corrected chi connectivity index (χ2v) is 8.73. The number of benzene rings is 1. The Bertz CT molecular complexity index is 930. The van der Waals surface area contributed by atoms with Crippen LogP contribution in [0, 0.1) is 0 Å². The zero-order chi connectivity index (χ0) is 24.8. The Morgan fingerprint density at radius 2 is 1.97 bits per heavy atom. The molecule has 0 fully saturated rings. The van der Waals surface area contributed by atoms with Crippen molar-refractivity contribution in [1.29, 1.82) is 0 Å². The highest BCUT2D eigenvalue weighted by atomic mass is 16.5. The molecule has 2 aliphatic rings. The second-order valence-electron chi connectivity index (χ2n) is 8.73. The highest BCUT2D eigenvalue weighted by Crippen LogP contribution is 2.47. The lowest BCUT2D eigenvalue weighted by Crippen LogP contribution is -2.57. The first-order chi connectivity index (χ1) is 16.3. The maximum atomic E-state index is 13.1. The molecule has 1 heterocycles. The van der Waals surface area contributed by atoms with Crippen molar-refractivity contribution in [2.45, 2.75) is 63.9 Å². The third-order valence-corrected chi connectivity index (χ3v) is 6.05. The third-order valence-electron chi connectivity index (χ3n) is 6.05. The van der Waals surface area contributed by atoms with Crippen LogP contribution in [0.25, 0.3) is 0 Å². The molecule has 4 atom stereocenters. The average Bonchev–Trinajstić information content (AvgIpc) is 3.22. The van der Waals surface area contributed by atoms with Crippen LogP contribution in [-0.2, 0) is 19.1 Å². The lowest BCUT2D eigenvalue weighted by Gasteiger charge is -2.40. The van der Waals surface area contributed by atoms with Gasteiger partial charge >= 0.3 is 0 Å². The third kappa shape index (κ3) is 5.48. The Morgan fingerprint density at radius 1 is 1.24 bits per heavy atom. The summed E-state index contributed by atoms with van der Waals surface area (Å²) in [5.41, 5.74) is 1.10. The molecule has 1 aliphatic heterocycles. The van der Waals surface area contributed by atoms with Gasteiger partial charge in [-0.25, -0.2) is 0 Å². The van der Waals surface area contributed by atoms with Crippen molar-refractivity contribution in [3.8, 4) is 5.75 Å². The van der Waals surface area contributed by atoms with Gasteiger partial charge in [-0.05, 0) is 32.4 Å². The highest BCUT2D eigenvalue weighted by Gasteiger charge is 2.50. The minimum Gasteiger partial charge on any atom is -0.486 e. The minimum atomic E-state index is -1.16. The maximum Gasteiger partial charge on any atom is 0.290 e. The van der Waals surface area contributed by atoms with Crippen LogP contribution in [-0.4, -0.2) is 83.4 Å². The van der Waals surface area contributed by atoms with Gasteiger partial charge in [-0.2, -0.15) is 0 Å². The number of Topliss-reactive ketones (excluding diaryl/α,β-unsaturated/α-hetero) is 1. The number of carbonyl (C=O) groups is 3. The number of hydrogen-bond donors (Lipinski definition) is 3. The van der Waals surface area contributed by atoms with Gasteiger partial charge in [0.15, 0.2) is 0 Å². The van der Waals surface area contributed by atoms with E-state index in [0.29, 0.717) is 24.4 Å². The topological polar surface area (TPSA) is 125 Å². The number of nitrogens with zero attached hydrogens (tertiary/aromatic N) is 1. The van der Waals surface area contributed by atoms with Gasteiger partial charge in [0.25, 0.3) is 5.91 Å². The van der Waals surface area contributed by atoms with Crippen molar-refractivity contribution < 1.29 is 34.1 Å². The van der Waals surface area contributed by atoms with E-state index in [1.807, 2.05) is 26.0 Å². The Hall–Kier alpha value is -2.75. The molecule has 1 aromatic rings. The van der Waals surface area contributed by atoms with Crippen molar-refractivity contribution in [3.05, 3.63) is 41.5 Å². The summed E-state index contributed by atoms with van der Waals surface area (Å²) in [5, 5.41) is 23.2. The molecule has 4 unspecified atom stereocenters. The summed E-state index contributed by atoms with van der Waals surface area (Å²) in [6.07, 6.45) is 0.109. The lowest BCUT2D eigenvalue weighted by molar-refractivity contribution is -0.148. The van der Waals surface area contributed by atoms with Crippen LogP contribution >= 0.6 is 0 Å². The van der Waals surface area contributed by atoms with Gasteiger partial charge in [-0.15, -0.1) is 0 Å². The van der Waals surface area contributed by atoms with Gasteiger partial charge in [0.2, 0.25) is 11.7 Å². The van der Waals surface area contributed by atoms with Crippen LogP contribution in [0.4, 0.5) is 0 Å². The van der Waals surface area contributed by atoms with Crippen LogP contribution in [0.2, 0.25) is 0 Å². The van der Waals surface area contributed by atoms with E-state index >= 15 is 0 Å². The molecule has 0 aromatic heterocycles. The van der Waals surface area contributed by atoms with Crippen LogP contribution in [0.3, 0.4) is 0 Å². The summed E-state index contributed by atoms with van der Waals surface area (Å²) >= 11 is 0. The number of ketones is 1. The number of aliphatic hydroxyl groups excluding tert-OH is 2. The van der Waals surface area contributed by atoms with E-state index in [1.54, 1.807) is 25.1 Å². The van der Waals surface area contributed by atoms with E-state index < -0.39 is 41.8 Å². The smallest absolute Gasteiger partial charge is 0.290 e. The fourth-order valence-electron chi connectivity index (χ4n) is 4.44. The Kier molecular flexibility index (Phi) is 8.82. The number of fused-ring (bicyclic) bond motifs is 3. The predicted octanol–water partition coefficient (Wildman–Crippen LogP) is 0.932. The monoisotopic (exact) mass is 474 g/mol. The maximum absolute atomic E-state index is 13.1. The summed E-state index contributed by atoms with van der Waals surface area (Å²) in [6, 6.07) is 6.31. The molecule has 0 radical (unpaired) electrons. The molecule has 2 amide bonds. The fraction of sp³-hybridized carbons (Fsp3) is 0.560. The quantitative estimate of drug-likeness (QED) is 0.322. The van der Waals surface area contributed by atoms with E-state index in [1.165, 1.54) is 4.90 Å². The lowest BCUT2D eigenvalue weighted by atomic mass is 9.77. The summed E-state index contributed by atoms with van der Waals surface area (Å²) in [5.74, 6) is -1.68. The number of rotatable bonds is 11. The second kappa shape index (κ2) is 11.6. The Balaban J connectivity index is 1.98. The molecular weight excluding hydrogens is 440 g/mol. The molecule has 3 rings (SSSR count). The zero-order valence-corrected chi connectivity index (χ0v) is 19.9. The van der Waals surface area contributed by atoms with Crippen LogP contribution in [0.1, 0.15) is 45.1 Å². The van der Waals surface area contributed by atoms with Crippen molar-refractivity contribution in [2.75, 3.05) is 26.3 Å². The number of carbonyl (C=O) groups excluding carboxylic acids is 3. The van der Waals surface area contributed by atoms with Crippen LogP contribution < -0.4 is 10.1 Å². The van der Waals surface area contributed by atoms with E-state index in [0.717, 1.165) is 5.56 Å². The summed E-state index contributed by atoms with van der Waals surface area (Å²) in [7, 11) is 0. The molecule has 0 saturated carbocycles. The van der Waals surface area contributed by atoms with E-state index in [-0.39, 0.29) is 32.2 Å².